The predicted octanol–water partition coefficient (Wildman–Crippen LogP) is 6.71. The molecule has 2 aliphatic rings. The van der Waals surface area contributed by atoms with E-state index in [-0.39, 0.29) is 24.1 Å². The summed E-state index contributed by atoms with van der Waals surface area (Å²) in [5.74, 6) is 0.0251. The van der Waals surface area contributed by atoms with E-state index in [0.29, 0.717) is 35.2 Å². The number of carbonyl (C=O) groups is 1. The normalized spacial score (nSPS) is 18.8. The van der Waals surface area contributed by atoms with E-state index in [4.69, 9.17) is 9.47 Å². The third-order valence-corrected chi connectivity index (χ3v) is 7.66. The molecule has 3 aromatic rings. The minimum atomic E-state index is -0.360. The highest BCUT2D eigenvalue weighted by molar-refractivity contribution is 9.10. The van der Waals surface area contributed by atoms with E-state index >= 15 is 4.39 Å². The molecule has 2 aromatic carbocycles. The highest BCUT2D eigenvalue weighted by Gasteiger charge is 2.44. The van der Waals surface area contributed by atoms with Gasteiger partial charge in [0.2, 0.25) is 6.23 Å². The topological polar surface area (TPSA) is 38.8 Å². The van der Waals surface area contributed by atoms with Gasteiger partial charge in [0.15, 0.2) is 0 Å². The summed E-state index contributed by atoms with van der Waals surface area (Å²) in [7, 11) is 0. The Balaban J connectivity index is 1.54. The summed E-state index contributed by atoms with van der Waals surface area (Å²) in [6.07, 6.45) is 1.01. The van der Waals surface area contributed by atoms with Gasteiger partial charge >= 0.3 is 5.97 Å². The smallest absolute Gasteiger partial charge is 0.302 e. The molecule has 0 amide bonds. The molecule has 0 N–H and O–H groups in total. The molecular weight excluding hydrogens is 549 g/mol. The standard InChI is InChI=1S/C23H18Br2FNO3S/c1-12(28)29-7-6-16-3-5-21(31-16)23-27-18-4-2-14(24)8-13(18)9-19(27)22-17(26)10-15(25)11-20(22)30-23/h2-5,8,10-11,19,23H,6-7,9H2,1H3. The Labute approximate surface area is 200 Å². The van der Waals surface area contributed by atoms with Crippen molar-refractivity contribution in [3.05, 3.63) is 78.1 Å². The first-order valence-electron chi connectivity index (χ1n) is 9.85. The van der Waals surface area contributed by atoms with E-state index in [1.165, 1.54) is 13.0 Å². The van der Waals surface area contributed by atoms with Crippen molar-refractivity contribution >= 4 is 54.9 Å². The van der Waals surface area contributed by atoms with E-state index < -0.39 is 0 Å². The number of rotatable bonds is 4. The lowest BCUT2D eigenvalue weighted by Crippen LogP contribution is -2.37. The first-order chi connectivity index (χ1) is 14.9. The fourth-order valence-electron chi connectivity index (χ4n) is 4.29. The minimum absolute atomic E-state index is 0.141. The molecule has 0 saturated heterocycles. The van der Waals surface area contributed by atoms with Crippen LogP contribution in [0.25, 0.3) is 0 Å². The molecule has 2 atom stereocenters. The van der Waals surface area contributed by atoms with Gasteiger partial charge in [-0.15, -0.1) is 11.3 Å². The van der Waals surface area contributed by atoms with Crippen molar-refractivity contribution in [2.45, 2.75) is 32.0 Å². The van der Waals surface area contributed by atoms with Gasteiger partial charge in [-0.05, 0) is 54.4 Å². The molecule has 2 unspecified atom stereocenters. The van der Waals surface area contributed by atoms with Gasteiger partial charge in [0, 0.05) is 32.9 Å². The maximum Gasteiger partial charge on any atom is 0.302 e. The summed E-state index contributed by atoms with van der Waals surface area (Å²) in [6, 6.07) is 13.5. The van der Waals surface area contributed by atoms with Crippen molar-refractivity contribution in [1.82, 2.24) is 0 Å². The first-order valence-corrected chi connectivity index (χ1v) is 12.3. The van der Waals surface area contributed by atoms with Crippen LogP contribution in [0.4, 0.5) is 10.1 Å². The van der Waals surface area contributed by atoms with Gasteiger partial charge in [-0.3, -0.25) is 4.79 Å². The number of hydrogen-bond donors (Lipinski definition) is 0. The number of hydrogen-bond acceptors (Lipinski definition) is 5. The van der Waals surface area contributed by atoms with Crippen LogP contribution in [-0.2, 0) is 22.4 Å². The lowest BCUT2D eigenvalue weighted by molar-refractivity contribution is -0.140. The molecule has 8 heteroatoms. The van der Waals surface area contributed by atoms with Crippen molar-refractivity contribution in [1.29, 1.82) is 0 Å². The van der Waals surface area contributed by atoms with Crippen LogP contribution in [0.15, 0.2) is 51.4 Å². The van der Waals surface area contributed by atoms with Crippen LogP contribution < -0.4 is 9.64 Å². The van der Waals surface area contributed by atoms with Crippen molar-refractivity contribution in [3.8, 4) is 5.75 Å². The number of fused-ring (bicyclic) bond motifs is 5. The fourth-order valence-corrected chi connectivity index (χ4v) is 6.13. The Hall–Kier alpha value is -1.90. The largest absolute Gasteiger partial charge is 0.465 e. The van der Waals surface area contributed by atoms with E-state index in [1.54, 1.807) is 11.3 Å². The van der Waals surface area contributed by atoms with Crippen LogP contribution in [0.3, 0.4) is 0 Å². The fraction of sp³-hybridized carbons (Fsp3) is 0.261. The number of anilines is 1. The SMILES string of the molecule is CC(=O)OCCc1ccc(C2Oc3cc(Br)cc(F)c3C3Cc4cc(Br)ccc4N32)s1. The lowest BCUT2D eigenvalue weighted by atomic mass is 9.99. The number of ether oxygens (including phenoxy) is 2. The van der Waals surface area contributed by atoms with Gasteiger partial charge in [-0.1, -0.05) is 31.9 Å². The summed E-state index contributed by atoms with van der Waals surface area (Å²) in [5, 5.41) is 0. The zero-order valence-corrected chi connectivity index (χ0v) is 20.5. The Bertz CT molecular complexity index is 1180. The zero-order chi connectivity index (χ0) is 21.7. The van der Waals surface area contributed by atoms with E-state index in [9.17, 15) is 4.79 Å². The highest BCUT2D eigenvalue weighted by Crippen LogP contribution is 2.53. The van der Waals surface area contributed by atoms with Gasteiger partial charge in [-0.2, -0.15) is 0 Å². The molecule has 0 fully saturated rings. The molecular formula is C23H18Br2FNO3S. The highest BCUT2D eigenvalue weighted by atomic mass is 79.9. The monoisotopic (exact) mass is 565 g/mol. The second-order valence-electron chi connectivity index (χ2n) is 7.56. The van der Waals surface area contributed by atoms with Gasteiger partial charge in [-0.25, -0.2) is 4.39 Å². The van der Waals surface area contributed by atoms with Gasteiger partial charge in [0.1, 0.15) is 11.6 Å². The van der Waals surface area contributed by atoms with Gasteiger partial charge in [0.05, 0.1) is 23.1 Å². The number of thiophene rings is 1. The molecule has 1 aromatic heterocycles. The summed E-state index contributed by atoms with van der Waals surface area (Å²) in [5.41, 5.74) is 2.81. The summed E-state index contributed by atoms with van der Waals surface area (Å²) in [6.45, 7) is 1.76. The Morgan fingerprint density at radius 1 is 1.23 bits per heavy atom. The number of esters is 1. The molecule has 5 rings (SSSR count). The van der Waals surface area contributed by atoms with Crippen LogP contribution in [0, 0.1) is 5.82 Å². The van der Waals surface area contributed by atoms with Gasteiger partial charge in [0.25, 0.3) is 0 Å². The van der Waals surface area contributed by atoms with Crippen LogP contribution in [-0.4, -0.2) is 12.6 Å². The number of halogens is 3. The average Bonchev–Trinajstić information content (AvgIpc) is 3.30. The third-order valence-electron chi connectivity index (χ3n) is 5.53. The van der Waals surface area contributed by atoms with Crippen molar-refractivity contribution < 1.29 is 18.7 Å². The van der Waals surface area contributed by atoms with Crippen LogP contribution in [0.1, 0.15) is 40.1 Å². The third kappa shape index (κ3) is 3.90. The average molecular weight is 567 g/mol. The Morgan fingerprint density at radius 2 is 2.06 bits per heavy atom. The summed E-state index contributed by atoms with van der Waals surface area (Å²) < 4.78 is 28.2. The first kappa shape index (κ1) is 21.0. The molecule has 4 nitrogen and oxygen atoms in total. The van der Waals surface area contributed by atoms with Crippen LogP contribution in [0.5, 0.6) is 5.75 Å². The van der Waals surface area contributed by atoms with E-state index in [2.05, 4.69) is 48.9 Å². The maximum atomic E-state index is 15.0. The maximum absolute atomic E-state index is 15.0. The zero-order valence-electron chi connectivity index (χ0n) is 16.5. The Morgan fingerprint density at radius 3 is 2.87 bits per heavy atom. The molecule has 3 heterocycles. The molecule has 2 aliphatic heterocycles. The second kappa shape index (κ2) is 8.22. The quantitative estimate of drug-likeness (QED) is 0.329. The number of carbonyl (C=O) groups excluding carboxylic acids is 1. The summed E-state index contributed by atoms with van der Waals surface area (Å²) in [4.78, 5) is 15.4. The predicted molar refractivity (Wildman–Crippen MR) is 125 cm³/mol. The molecule has 0 radical (unpaired) electrons. The molecule has 0 bridgehead atoms. The summed E-state index contributed by atoms with van der Waals surface area (Å²) >= 11 is 8.58. The van der Waals surface area contributed by atoms with Crippen LogP contribution in [0.2, 0.25) is 0 Å². The van der Waals surface area contributed by atoms with Crippen molar-refractivity contribution in [3.63, 3.8) is 0 Å². The van der Waals surface area contributed by atoms with E-state index in [0.717, 1.165) is 25.5 Å². The number of benzene rings is 2. The molecule has 31 heavy (non-hydrogen) atoms. The van der Waals surface area contributed by atoms with Crippen molar-refractivity contribution in [2.75, 3.05) is 11.5 Å². The molecule has 160 valence electrons. The Kier molecular flexibility index (Phi) is 5.56. The molecule has 0 saturated carbocycles. The molecule has 0 aliphatic carbocycles. The lowest BCUT2D eigenvalue weighted by Gasteiger charge is -2.40. The minimum Gasteiger partial charge on any atom is -0.465 e. The molecule has 0 spiro atoms. The number of nitrogens with zero attached hydrogens (tertiary/aromatic N) is 1. The van der Waals surface area contributed by atoms with Gasteiger partial charge < -0.3 is 14.4 Å². The van der Waals surface area contributed by atoms with Crippen LogP contribution >= 0.6 is 43.2 Å². The second-order valence-corrected chi connectivity index (χ2v) is 10.6. The van der Waals surface area contributed by atoms with Crippen molar-refractivity contribution in [2.24, 2.45) is 0 Å². The van der Waals surface area contributed by atoms with E-state index in [1.807, 2.05) is 24.3 Å².